The summed E-state index contributed by atoms with van der Waals surface area (Å²) in [6.45, 7) is 11.6. The molecule has 0 spiro atoms. The number of benzene rings is 1. The summed E-state index contributed by atoms with van der Waals surface area (Å²) in [5.41, 5.74) is 0.319. The zero-order chi connectivity index (χ0) is 17.9. The van der Waals surface area contributed by atoms with Gasteiger partial charge in [-0.25, -0.2) is 4.79 Å². The minimum absolute atomic E-state index is 0.373. The molecule has 22 heavy (non-hydrogen) atoms. The molecule has 1 aromatic carbocycles. The predicted molar refractivity (Wildman–Crippen MR) is 92.2 cm³/mol. The van der Waals surface area contributed by atoms with Gasteiger partial charge in [-0.3, -0.25) is 0 Å². The summed E-state index contributed by atoms with van der Waals surface area (Å²) in [4.78, 5) is 13.0. The van der Waals surface area contributed by atoms with Crippen molar-refractivity contribution >= 4 is 18.7 Å². The van der Waals surface area contributed by atoms with Crippen LogP contribution in [0.4, 0.5) is 4.79 Å². The zero-order valence-electron chi connectivity index (χ0n) is 15.0. The number of methoxy groups -OCH3 is 1. The number of nitrogens with zero attached hydrogens (tertiary/aromatic N) is 1. The SMILES string of the molecule is CC.CC.COC(=O)N(C)C(C)(C)c1ccccc1B(O)O. The Morgan fingerprint density at radius 3 is 2.00 bits per heavy atom. The molecule has 5 nitrogen and oxygen atoms in total. The first kappa shape index (κ1) is 22.8. The molecule has 1 rings (SSSR count). The maximum absolute atomic E-state index is 11.6. The Labute approximate surface area is 135 Å². The fourth-order valence-corrected chi connectivity index (χ4v) is 1.83. The third-order valence-corrected chi connectivity index (χ3v) is 3.19. The van der Waals surface area contributed by atoms with Gasteiger partial charge in [0.1, 0.15) is 0 Å². The van der Waals surface area contributed by atoms with E-state index in [4.69, 9.17) is 0 Å². The third kappa shape index (κ3) is 5.69. The molecule has 0 aliphatic heterocycles. The summed E-state index contributed by atoms with van der Waals surface area (Å²) in [6, 6.07) is 6.88. The molecule has 1 amide bonds. The summed E-state index contributed by atoms with van der Waals surface area (Å²) >= 11 is 0. The second-order valence-corrected chi connectivity index (χ2v) is 4.55. The molecule has 0 fully saturated rings. The van der Waals surface area contributed by atoms with E-state index in [1.807, 2.05) is 41.5 Å². The Kier molecular flexibility index (Phi) is 11.5. The van der Waals surface area contributed by atoms with E-state index in [0.29, 0.717) is 11.0 Å². The van der Waals surface area contributed by atoms with E-state index in [1.165, 1.54) is 12.0 Å². The summed E-state index contributed by atoms with van der Waals surface area (Å²) in [7, 11) is 1.33. The van der Waals surface area contributed by atoms with Crippen LogP contribution in [0.25, 0.3) is 0 Å². The molecule has 0 saturated carbocycles. The molecule has 2 N–H and O–H groups in total. The molecule has 0 heterocycles. The van der Waals surface area contributed by atoms with Crippen LogP contribution < -0.4 is 5.46 Å². The van der Waals surface area contributed by atoms with Crippen molar-refractivity contribution in [1.29, 1.82) is 0 Å². The lowest BCUT2D eigenvalue weighted by Gasteiger charge is -2.36. The Hall–Kier alpha value is -1.53. The van der Waals surface area contributed by atoms with Gasteiger partial charge in [-0.05, 0) is 24.9 Å². The van der Waals surface area contributed by atoms with Crippen LogP contribution in [0, 0.1) is 0 Å². The molecule has 0 aliphatic carbocycles. The lowest BCUT2D eigenvalue weighted by molar-refractivity contribution is 0.0922. The number of carbonyl (C=O) groups excluding carboxylic acids is 1. The maximum atomic E-state index is 11.6. The number of hydrogen-bond acceptors (Lipinski definition) is 4. The number of hydrogen-bond donors (Lipinski definition) is 2. The molecule has 1 aromatic rings. The largest absolute Gasteiger partial charge is 0.488 e. The average Bonchev–Trinajstić information content (AvgIpc) is 2.56. The summed E-state index contributed by atoms with van der Waals surface area (Å²) in [5.74, 6) is 0. The quantitative estimate of drug-likeness (QED) is 0.841. The molecular formula is C16H30BNO4. The van der Waals surface area contributed by atoms with Gasteiger partial charge in [-0.2, -0.15) is 0 Å². The first-order valence-electron chi connectivity index (χ1n) is 7.59. The van der Waals surface area contributed by atoms with Crippen LogP contribution >= 0.6 is 0 Å². The Morgan fingerprint density at radius 1 is 1.14 bits per heavy atom. The van der Waals surface area contributed by atoms with Crippen LogP contribution in [0.15, 0.2) is 24.3 Å². The van der Waals surface area contributed by atoms with E-state index in [-0.39, 0.29) is 0 Å². The van der Waals surface area contributed by atoms with Crippen LogP contribution in [0.5, 0.6) is 0 Å². The van der Waals surface area contributed by atoms with Gasteiger partial charge in [0, 0.05) is 7.05 Å². The maximum Gasteiger partial charge on any atom is 0.488 e. The molecule has 126 valence electrons. The van der Waals surface area contributed by atoms with Crippen LogP contribution in [-0.4, -0.2) is 42.3 Å². The van der Waals surface area contributed by atoms with E-state index in [1.54, 1.807) is 31.3 Å². The normalized spacial score (nSPS) is 9.55. The molecule has 0 atom stereocenters. The van der Waals surface area contributed by atoms with Crippen LogP contribution in [0.3, 0.4) is 0 Å². The molecule has 0 aromatic heterocycles. The molecule has 0 saturated heterocycles. The predicted octanol–water partition coefficient (Wildman–Crippen LogP) is 2.35. The van der Waals surface area contributed by atoms with Gasteiger partial charge in [0.2, 0.25) is 0 Å². The van der Waals surface area contributed by atoms with Gasteiger partial charge in [0.05, 0.1) is 12.6 Å². The highest BCUT2D eigenvalue weighted by Crippen LogP contribution is 2.25. The Balaban J connectivity index is 0. The number of ether oxygens (including phenoxy) is 1. The van der Waals surface area contributed by atoms with E-state index < -0.39 is 18.8 Å². The van der Waals surface area contributed by atoms with Crippen molar-refractivity contribution in [2.75, 3.05) is 14.2 Å². The lowest BCUT2D eigenvalue weighted by atomic mass is 9.72. The van der Waals surface area contributed by atoms with Crippen LogP contribution in [0.1, 0.15) is 47.1 Å². The highest BCUT2D eigenvalue weighted by molar-refractivity contribution is 6.59. The zero-order valence-corrected chi connectivity index (χ0v) is 15.0. The van der Waals surface area contributed by atoms with Crippen molar-refractivity contribution in [2.45, 2.75) is 47.1 Å². The lowest BCUT2D eigenvalue weighted by Crippen LogP contribution is -2.48. The molecule has 0 bridgehead atoms. The first-order chi connectivity index (χ1) is 10.3. The molecule has 6 heteroatoms. The Morgan fingerprint density at radius 2 is 1.59 bits per heavy atom. The highest BCUT2D eigenvalue weighted by atomic mass is 16.5. The van der Waals surface area contributed by atoms with Gasteiger partial charge in [-0.15, -0.1) is 0 Å². The standard InChI is InChI=1S/C12H18BNO4.2C2H6/c1-12(2,14(3)11(15)18-4)9-7-5-6-8-10(9)13(16)17;2*1-2/h5-8,16-17H,1-4H3;2*1-2H3. The fourth-order valence-electron chi connectivity index (χ4n) is 1.83. The summed E-state index contributed by atoms with van der Waals surface area (Å²) in [6.07, 6.45) is -0.484. The van der Waals surface area contributed by atoms with Gasteiger partial charge in [0.15, 0.2) is 0 Å². The van der Waals surface area contributed by atoms with Crippen molar-refractivity contribution in [2.24, 2.45) is 0 Å². The third-order valence-electron chi connectivity index (χ3n) is 3.19. The van der Waals surface area contributed by atoms with E-state index >= 15 is 0 Å². The smallest absolute Gasteiger partial charge is 0.453 e. The van der Waals surface area contributed by atoms with Gasteiger partial charge >= 0.3 is 13.2 Å². The van der Waals surface area contributed by atoms with Crippen molar-refractivity contribution in [3.8, 4) is 0 Å². The minimum Gasteiger partial charge on any atom is -0.453 e. The van der Waals surface area contributed by atoms with Gasteiger partial charge < -0.3 is 19.7 Å². The number of carbonyl (C=O) groups is 1. The second kappa shape index (κ2) is 11.1. The average molecular weight is 311 g/mol. The molecular weight excluding hydrogens is 281 g/mol. The molecule has 0 aliphatic rings. The summed E-state index contributed by atoms with van der Waals surface area (Å²) in [5, 5.41) is 18.7. The second-order valence-electron chi connectivity index (χ2n) is 4.55. The van der Waals surface area contributed by atoms with Crippen molar-refractivity contribution < 1.29 is 19.6 Å². The molecule has 0 radical (unpaired) electrons. The topological polar surface area (TPSA) is 70.0 Å². The fraction of sp³-hybridized carbons (Fsp3) is 0.562. The van der Waals surface area contributed by atoms with Gasteiger partial charge in [0.25, 0.3) is 0 Å². The minimum atomic E-state index is -1.58. The monoisotopic (exact) mass is 311 g/mol. The summed E-state index contributed by atoms with van der Waals surface area (Å²) < 4.78 is 4.68. The van der Waals surface area contributed by atoms with Crippen LogP contribution in [0.2, 0.25) is 0 Å². The molecule has 0 unspecified atom stereocenters. The van der Waals surface area contributed by atoms with Crippen molar-refractivity contribution in [1.82, 2.24) is 4.90 Å². The van der Waals surface area contributed by atoms with E-state index in [0.717, 1.165) is 0 Å². The Bertz CT molecular complexity index is 436. The number of amides is 1. The van der Waals surface area contributed by atoms with Crippen molar-refractivity contribution in [3.63, 3.8) is 0 Å². The first-order valence-corrected chi connectivity index (χ1v) is 7.59. The number of rotatable bonds is 3. The van der Waals surface area contributed by atoms with Gasteiger partial charge in [-0.1, -0.05) is 52.0 Å². The van der Waals surface area contributed by atoms with Crippen LogP contribution in [-0.2, 0) is 10.3 Å². The van der Waals surface area contributed by atoms with E-state index in [2.05, 4.69) is 4.74 Å². The highest BCUT2D eigenvalue weighted by Gasteiger charge is 2.34. The van der Waals surface area contributed by atoms with E-state index in [9.17, 15) is 14.8 Å². The van der Waals surface area contributed by atoms with Crippen molar-refractivity contribution in [3.05, 3.63) is 29.8 Å².